The van der Waals surface area contributed by atoms with Crippen LogP contribution in [0, 0.1) is 0 Å². The number of likely N-dealkylation sites (tertiary alicyclic amines) is 1. The van der Waals surface area contributed by atoms with Gasteiger partial charge in [-0.05, 0) is 25.0 Å². The Morgan fingerprint density at radius 2 is 2.15 bits per heavy atom. The highest BCUT2D eigenvalue weighted by molar-refractivity contribution is 7.13. The van der Waals surface area contributed by atoms with Crippen LogP contribution in [0.4, 0.5) is 5.13 Å². The van der Waals surface area contributed by atoms with E-state index in [0.717, 1.165) is 0 Å². The SMILES string of the molecule is COCCNC(=O)C1(Nc2nccs2)CCN(C(=O)c2cccnc2)CC1. The van der Waals surface area contributed by atoms with Gasteiger partial charge in [0.25, 0.3) is 5.91 Å². The second-order valence-electron chi connectivity index (χ2n) is 6.33. The van der Waals surface area contributed by atoms with Gasteiger partial charge in [-0.2, -0.15) is 0 Å². The molecule has 0 spiro atoms. The van der Waals surface area contributed by atoms with Crippen molar-refractivity contribution in [3.8, 4) is 0 Å². The maximum atomic E-state index is 12.9. The fourth-order valence-electron chi connectivity index (χ4n) is 3.10. The molecule has 0 aromatic carbocycles. The average molecular weight is 389 g/mol. The molecule has 2 amide bonds. The number of hydrogen-bond acceptors (Lipinski definition) is 7. The lowest BCUT2D eigenvalue weighted by Gasteiger charge is -2.41. The third-order valence-electron chi connectivity index (χ3n) is 4.62. The van der Waals surface area contributed by atoms with Gasteiger partial charge in [0.2, 0.25) is 5.91 Å². The van der Waals surface area contributed by atoms with Gasteiger partial charge in [-0.1, -0.05) is 0 Å². The lowest BCUT2D eigenvalue weighted by molar-refractivity contribution is -0.127. The van der Waals surface area contributed by atoms with Gasteiger partial charge in [-0.15, -0.1) is 11.3 Å². The predicted octanol–water partition coefficient (Wildman–Crippen LogP) is 1.39. The molecule has 1 saturated heterocycles. The highest BCUT2D eigenvalue weighted by atomic mass is 32.1. The third kappa shape index (κ3) is 4.61. The summed E-state index contributed by atoms with van der Waals surface area (Å²) in [6.45, 7) is 1.84. The standard InChI is InChI=1S/C18H23N5O3S/c1-26-11-7-20-16(25)18(22-17-21-8-12-27-17)4-9-23(10-5-18)15(24)14-3-2-6-19-13-14/h2-3,6,8,12-13H,4-5,7,9-11H2,1H3,(H,20,25)(H,21,22). The van der Waals surface area contributed by atoms with Crippen molar-refractivity contribution in [3.05, 3.63) is 41.7 Å². The Morgan fingerprint density at radius 1 is 1.33 bits per heavy atom. The third-order valence-corrected chi connectivity index (χ3v) is 5.31. The number of carbonyl (C=O) groups excluding carboxylic acids is 2. The van der Waals surface area contributed by atoms with Crippen LogP contribution in [0.3, 0.4) is 0 Å². The highest BCUT2D eigenvalue weighted by Crippen LogP contribution is 2.29. The molecule has 2 N–H and O–H groups in total. The Morgan fingerprint density at radius 3 is 2.78 bits per heavy atom. The molecule has 2 aromatic heterocycles. The van der Waals surface area contributed by atoms with E-state index in [9.17, 15) is 9.59 Å². The average Bonchev–Trinajstić information content (AvgIpc) is 3.21. The summed E-state index contributed by atoms with van der Waals surface area (Å²) in [5.41, 5.74) is -0.237. The van der Waals surface area contributed by atoms with Crippen LogP contribution in [0.25, 0.3) is 0 Å². The van der Waals surface area contributed by atoms with Crippen LogP contribution in [-0.4, -0.2) is 65.6 Å². The number of methoxy groups -OCH3 is 1. The first-order valence-electron chi connectivity index (χ1n) is 8.79. The van der Waals surface area contributed by atoms with Gasteiger partial charge in [0.15, 0.2) is 5.13 Å². The molecular formula is C18H23N5O3S. The second-order valence-corrected chi connectivity index (χ2v) is 7.22. The Hall–Kier alpha value is -2.52. The number of anilines is 1. The molecule has 0 radical (unpaired) electrons. The van der Waals surface area contributed by atoms with Gasteiger partial charge >= 0.3 is 0 Å². The van der Waals surface area contributed by atoms with Crippen LogP contribution >= 0.6 is 11.3 Å². The summed E-state index contributed by atoms with van der Waals surface area (Å²) in [4.78, 5) is 35.6. The van der Waals surface area contributed by atoms with E-state index in [2.05, 4.69) is 20.6 Å². The monoisotopic (exact) mass is 389 g/mol. The summed E-state index contributed by atoms with van der Waals surface area (Å²) in [6.07, 6.45) is 5.90. The van der Waals surface area contributed by atoms with E-state index in [1.807, 2.05) is 5.38 Å². The van der Waals surface area contributed by atoms with E-state index >= 15 is 0 Å². The molecule has 9 heteroatoms. The van der Waals surface area contributed by atoms with E-state index in [1.165, 1.54) is 11.3 Å². The molecule has 2 aromatic rings. The fraction of sp³-hybridized carbons (Fsp3) is 0.444. The summed E-state index contributed by atoms with van der Waals surface area (Å²) >= 11 is 1.45. The van der Waals surface area contributed by atoms with Gasteiger partial charge in [0, 0.05) is 50.7 Å². The first-order chi connectivity index (χ1) is 13.1. The largest absolute Gasteiger partial charge is 0.383 e. The highest BCUT2D eigenvalue weighted by Gasteiger charge is 2.42. The molecule has 0 bridgehead atoms. The Balaban J connectivity index is 1.70. The van der Waals surface area contributed by atoms with Gasteiger partial charge in [0.1, 0.15) is 5.54 Å². The molecule has 144 valence electrons. The van der Waals surface area contributed by atoms with Crippen molar-refractivity contribution in [1.82, 2.24) is 20.2 Å². The predicted molar refractivity (Wildman–Crippen MR) is 103 cm³/mol. The summed E-state index contributed by atoms with van der Waals surface area (Å²) in [6, 6.07) is 3.50. The van der Waals surface area contributed by atoms with Crippen LogP contribution in [0.15, 0.2) is 36.1 Å². The summed E-state index contributed by atoms with van der Waals surface area (Å²) in [5, 5.41) is 8.78. The van der Waals surface area contributed by atoms with E-state index in [-0.39, 0.29) is 11.8 Å². The molecule has 0 saturated carbocycles. The summed E-state index contributed by atoms with van der Waals surface area (Å²) in [7, 11) is 1.60. The second kappa shape index (κ2) is 8.92. The maximum Gasteiger partial charge on any atom is 0.255 e. The van der Waals surface area contributed by atoms with E-state index < -0.39 is 5.54 Å². The van der Waals surface area contributed by atoms with Gasteiger partial charge in [-0.25, -0.2) is 4.98 Å². The molecule has 0 aliphatic carbocycles. The number of piperidine rings is 1. The molecule has 3 heterocycles. The van der Waals surface area contributed by atoms with Gasteiger partial charge < -0.3 is 20.3 Å². The minimum absolute atomic E-state index is 0.0641. The number of aromatic nitrogens is 2. The number of ether oxygens (including phenoxy) is 1. The lowest BCUT2D eigenvalue weighted by Crippen LogP contribution is -2.59. The molecule has 0 atom stereocenters. The van der Waals surface area contributed by atoms with Gasteiger partial charge in [0.05, 0.1) is 12.2 Å². The smallest absolute Gasteiger partial charge is 0.255 e. The number of nitrogens with zero attached hydrogens (tertiary/aromatic N) is 3. The molecule has 0 unspecified atom stereocenters. The van der Waals surface area contributed by atoms with Crippen LogP contribution in [0.5, 0.6) is 0 Å². The van der Waals surface area contributed by atoms with Crippen molar-refractivity contribution >= 4 is 28.3 Å². The normalized spacial score (nSPS) is 16.0. The van der Waals surface area contributed by atoms with Crippen molar-refractivity contribution in [3.63, 3.8) is 0 Å². The Bertz CT molecular complexity index is 746. The maximum absolute atomic E-state index is 12.9. The van der Waals surface area contributed by atoms with Crippen molar-refractivity contribution in [2.75, 3.05) is 38.7 Å². The van der Waals surface area contributed by atoms with Crippen LogP contribution in [0.2, 0.25) is 0 Å². The van der Waals surface area contributed by atoms with E-state index in [4.69, 9.17) is 4.74 Å². The number of thiazole rings is 1. The number of rotatable bonds is 7. The number of pyridine rings is 1. The van der Waals surface area contributed by atoms with Crippen LogP contribution < -0.4 is 10.6 Å². The van der Waals surface area contributed by atoms with Crippen molar-refractivity contribution < 1.29 is 14.3 Å². The summed E-state index contributed by atoms with van der Waals surface area (Å²) < 4.78 is 5.01. The van der Waals surface area contributed by atoms with Gasteiger partial charge in [-0.3, -0.25) is 14.6 Å². The fourth-order valence-corrected chi connectivity index (χ4v) is 3.72. The molecule has 8 nitrogen and oxygen atoms in total. The summed E-state index contributed by atoms with van der Waals surface area (Å²) in [5.74, 6) is -0.158. The van der Waals surface area contributed by atoms with Crippen LogP contribution in [0.1, 0.15) is 23.2 Å². The zero-order valence-electron chi connectivity index (χ0n) is 15.2. The molecular weight excluding hydrogens is 366 g/mol. The lowest BCUT2D eigenvalue weighted by atomic mass is 9.86. The molecule has 27 heavy (non-hydrogen) atoms. The van der Waals surface area contributed by atoms with E-state index in [0.29, 0.717) is 49.8 Å². The minimum atomic E-state index is -0.794. The topological polar surface area (TPSA) is 96.5 Å². The number of nitrogens with one attached hydrogen (secondary N) is 2. The number of amides is 2. The molecule has 1 aliphatic rings. The zero-order chi connectivity index (χ0) is 19.1. The first-order valence-corrected chi connectivity index (χ1v) is 9.67. The molecule has 3 rings (SSSR count). The van der Waals surface area contributed by atoms with Crippen molar-refractivity contribution in [2.24, 2.45) is 0 Å². The van der Waals surface area contributed by atoms with Crippen molar-refractivity contribution in [1.29, 1.82) is 0 Å². The van der Waals surface area contributed by atoms with Crippen LogP contribution in [-0.2, 0) is 9.53 Å². The minimum Gasteiger partial charge on any atom is -0.383 e. The van der Waals surface area contributed by atoms with E-state index in [1.54, 1.807) is 42.7 Å². The Labute approximate surface area is 162 Å². The zero-order valence-corrected chi connectivity index (χ0v) is 16.0. The first kappa shape index (κ1) is 19.2. The quantitative estimate of drug-likeness (QED) is 0.695. The number of carbonyl (C=O) groups is 2. The molecule has 1 aliphatic heterocycles. The Kier molecular flexibility index (Phi) is 6.36. The number of hydrogen-bond donors (Lipinski definition) is 2. The molecule has 1 fully saturated rings. The van der Waals surface area contributed by atoms with Crippen molar-refractivity contribution in [2.45, 2.75) is 18.4 Å².